The molecule has 0 saturated heterocycles. The number of carboxylic acids is 1. The van der Waals surface area contributed by atoms with Crippen LogP contribution in [0.15, 0.2) is 4.42 Å². The average molecular weight is 280 g/mol. The molecule has 1 aromatic rings. The molecule has 0 spiro atoms. The molecule has 0 bridgehead atoms. The first kappa shape index (κ1) is 14.6. The van der Waals surface area contributed by atoms with Gasteiger partial charge in [0.2, 0.25) is 11.8 Å². The van der Waals surface area contributed by atoms with E-state index in [-0.39, 0.29) is 12.5 Å². The van der Waals surface area contributed by atoms with Gasteiger partial charge in [-0.05, 0) is 26.7 Å². The largest absolute Gasteiger partial charge is 0.481 e. The summed E-state index contributed by atoms with van der Waals surface area (Å²) < 4.78 is 5.38. The quantitative estimate of drug-likeness (QED) is 0.877. The fourth-order valence-corrected chi connectivity index (χ4v) is 2.65. The standard InChI is InChI=1S/C14H20N2O4/c1-8-9(2)20-12(16-8)7-15-13(17)10-5-3-4-6-11(10)14(18)19/h10-11H,3-7H2,1-2H3,(H,15,17)(H,18,19). The number of carboxylic acid groups (broad SMARTS) is 1. The van der Waals surface area contributed by atoms with Gasteiger partial charge in [-0.25, -0.2) is 4.98 Å². The van der Waals surface area contributed by atoms with Crippen LogP contribution in [0, 0.1) is 25.7 Å². The van der Waals surface area contributed by atoms with E-state index in [9.17, 15) is 14.7 Å². The number of carbonyl (C=O) groups is 2. The molecule has 1 amide bonds. The number of nitrogens with zero attached hydrogens (tertiary/aromatic N) is 1. The van der Waals surface area contributed by atoms with Gasteiger partial charge < -0.3 is 14.8 Å². The van der Waals surface area contributed by atoms with Crippen molar-refractivity contribution in [2.75, 3.05) is 0 Å². The van der Waals surface area contributed by atoms with Gasteiger partial charge in [-0.15, -0.1) is 0 Å². The Labute approximate surface area is 117 Å². The van der Waals surface area contributed by atoms with E-state index < -0.39 is 17.8 Å². The third-order valence-corrected chi connectivity index (χ3v) is 3.91. The van der Waals surface area contributed by atoms with Crippen molar-refractivity contribution in [1.82, 2.24) is 10.3 Å². The van der Waals surface area contributed by atoms with Crippen LogP contribution >= 0.6 is 0 Å². The van der Waals surface area contributed by atoms with Gasteiger partial charge in [-0.2, -0.15) is 0 Å². The number of carbonyl (C=O) groups excluding carboxylic acids is 1. The van der Waals surface area contributed by atoms with E-state index in [2.05, 4.69) is 10.3 Å². The van der Waals surface area contributed by atoms with Crippen molar-refractivity contribution in [1.29, 1.82) is 0 Å². The number of aryl methyl sites for hydroxylation is 2. The molecular formula is C14H20N2O4. The second-order valence-electron chi connectivity index (χ2n) is 5.30. The summed E-state index contributed by atoms with van der Waals surface area (Å²) in [6.45, 7) is 3.86. The van der Waals surface area contributed by atoms with E-state index in [4.69, 9.17) is 4.42 Å². The molecule has 1 fully saturated rings. The van der Waals surface area contributed by atoms with Crippen molar-refractivity contribution in [3.8, 4) is 0 Å². The summed E-state index contributed by atoms with van der Waals surface area (Å²) >= 11 is 0. The normalized spacial score (nSPS) is 22.5. The molecule has 1 saturated carbocycles. The lowest BCUT2D eigenvalue weighted by Gasteiger charge is -2.27. The van der Waals surface area contributed by atoms with Crippen LogP contribution in [0.5, 0.6) is 0 Å². The van der Waals surface area contributed by atoms with Crippen molar-refractivity contribution in [3.63, 3.8) is 0 Å². The van der Waals surface area contributed by atoms with Crippen LogP contribution in [0.3, 0.4) is 0 Å². The highest BCUT2D eigenvalue weighted by Gasteiger charge is 2.35. The maximum Gasteiger partial charge on any atom is 0.307 e. The molecule has 2 N–H and O–H groups in total. The number of hydrogen-bond acceptors (Lipinski definition) is 4. The number of nitrogens with one attached hydrogen (secondary N) is 1. The van der Waals surface area contributed by atoms with Crippen LogP contribution in [0.25, 0.3) is 0 Å². The number of hydrogen-bond donors (Lipinski definition) is 2. The van der Waals surface area contributed by atoms with Gasteiger partial charge in [0.15, 0.2) is 0 Å². The number of oxazole rings is 1. The van der Waals surface area contributed by atoms with Crippen LogP contribution < -0.4 is 5.32 Å². The van der Waals surface area contributed by atoms with Gasteiger partial charge in [0.1, 0.15) is 5.76 Å². The minimum Gasteiger partial charge on any atom is -0.481 e. The Morgan fingerprint density at radius 3 is 2.50 bits per heavy atom. The van der Waals surface area contributed by atoms with Crippen molar-refractivity contribution in [2.24, 2.45) is 11.8 Å². The Balaban J connectivity index is 1.94. The Hall–Kier alpha value is -1.85. The van der Waals surface area contributed by atoms with Crippen LogP contribution in [0.1, 0.15) is 43.0 Å². The molecule has 2 unspecified atom stereocenters. The average Bonchev–Trinajstić information content (AvgIpc) is 2.75. The van der Waals surface area contributed by atoms with E-state index >= 15 is 0 Å². The predicted molar refractivity (Wildman–Crippen MR) is 70.9 cm³/mol. The molecule has 2 rings (SSSR count). The fourth-order valence-electron chi connectivity index (χ4n) is 2.65. The highest BCUT2D eigenvalue weighted by Crippen LogP contribution is 2.30. The summed E-state index contributed by atoms with van der Waals surface area (Å²) in [4.78, 5) is 27.5. The summed E-state index contributed by atoms with van der Waals surface area (Å²) in [5, 5.41) is 11.9. The molecule has 0 aromatic carbocycles. The minimum absolute atomic E-state index is 0.205. The topological polar surface area (TPSA) is 92.4 Å². The Bertz CT molecular complexity index is 490. The third kappa shape index (κ3) is 3.18. The van der Waals surface area contributed by atoms with Crippen LogP contribution in [-0.2, 0) is 16.1 Å². The van der Waals surface area contributed by atoms with Crippen molar-refractivity contribution in [3.05, 3.63) is 17.3 Å². The zero-order valence-electron chi connectivity index (χ0n) is 11.8. The van der Waals surface area contributed by atoms with E-state index in [0.29, 0.717) is 18.7 Å². The summed E-state index contributed by atoms with van der Waals surface area (Å²) in [6, 6.07) is 0. The first-order valence-electron chi connectivity index (χ1n) is 6.92. The third-order valence-electron chi connectivity index (χ3n) is 3.91. The molecule has 2 atom stereocenters. The molecular weight excluding hydrogens is 260 g/mol. The molecule has 1 aliphatic rings. The first-order chi connectivity index (χ1) is 9.49. The summed E-state index contributed by atoms with van der Waals surface area (Å²) in [5.74, 6) is -0.931. The van der Waals surface area contributed by atoms with Gasteiger partial charge >= 0.3 is 5.97 Å². The monoisotopic (exact) mass is 280 g/mol. The highest BCUT2D eigenvalue weighted by molar-refractivity contribution is 5.84. The second kappa shape index (κ2) is 6.07. The first-order valence-corrected chi connectivity index (χ1v) is 6.92. The molecule has 6 heteroatoms. The molecule has 110 valence electrons. The van der Waals surface area contributed by atoms with Gasteiger partial charge in [-0.3, -0.25) is 9.59 Å². The molecule has 20 heavy (non-hydrogen) atoms. The number of aromatic nitrogens is 1. The maximum absolute atomic E-state index is 12.1. The van der Waals surface area contributed by atoms with Gasteiger partial charge in [0, 0.05) is 0 Å². The van der Waals surface area contributed by atoms with E-state index in [1.54, 1.807) is 0 Å². The summed E-state index contributed by atoms with van der Waals surface area (Å²) in [7, 11) is 0. The van der Waals surface area contributed by atoms with Gasteiger partial charge in [-0.1, -0.05) is 12.8 Å². The van der Waals surface area contributed by atoms with Crippen molar-refractivity contribution in [2.45, 2.75) is 46.1 Å². The SMILES string of the molecule is Cc1nc(CNC(=O)C2CCCCC2C(=O)O)oc1C. The molecule has 1 heterocycles. The smallest absolute Gasteiger partial charge is 0.307 e. The van der Waals surface area contributed by atoms with Gasteiger partial charge in [0.05, 0.1) is 24.1 Å². The van der Waals surface area contributed by atoms with E-state index in [1.807, 2.05) is 13.8 Å². The van der Waals surface area contributed by atoms with E-state index in [0.717, 1.165) is 24.3 Å². The van der Waals surface area contributed by atoms with E-state index in [1.165, 1.54) is 0 Å². The Morgan fingerprint density at radius 1 is 1.30 bits per heavy atom. The van der Waals surface area contributed by atoms with Crippen LogP contribution in [0.2, 0.25) is 0 Å². The lowest BCUT2D eigenvalue weighted by molar-refractivity contribution is -0.149. The maximum atomic E-state index is 12.1. The minimum atomic E-state index is -0.882. The number of rotatable bonds is 4. The fraction of sp³-hybridized carbons (Fsp3) is 0.643. The zero-order valence-corrected chi connectivity index (χ0v) is 11.8. The lowest BCUT2D eigenvalue weighted by atomic mass is 9.79. The van der Waals surface area contributed by atoms with Gasteiger partial charge in [0.25, 0.3) is 0 Å². The molecule has 0 radical (unpaired) electrons. The molecule has 0 aliphatic heterocycles. The van der Waals surface area contributed by atoms with Crippen LogP contribution in [-0.4, -0.2) is 22.0 Å². The number of aliphatic carboxylic acids is 1. The molecule has 6 nitrogen and oxygen atoms in total. The second-order valence-corrected chi connectivity index (χ2v) is 5.30. The zero-order chi connectivity index (χ0) is 14.7. The predicted octanol–water partition coefficient (Wildman–Crippen LogP) is 1.80. The number of amides is 1. The highest BCUT2D eigenvalue weighted by atomic mass is 16.4. The van der Waals surface area contributed by atoms with Crippen molar-refractivity contribution < 1.29 is 19.1 Å². The van der Waals surface area contributed by atoms with Crippen molar-refractivity contribution >= 4 is 11.9 Å². The summed E-state index contributed by atoms with van der Waals surface area (Å²) in [5.41, 5.74) is 0.801. The molecule has 1 aliphatic carbocycles. The van der Waals surface area contributed by atoms with Crippen LogP contribution in [0.4, 0.5) is 0 Å². The summed E-state index contributed by atoms with van der Waals surface area (Å²) in [6.07, 6.45) is 2.98. The molecule has 1 aromatic heterocycles. The lowest BCUT2D eigenvalue weighted by Crippen LogP contribution is -2.39. The Morgan fingerprint density at radius 2 is 1.95 bits per heavy atom. The Kier molecular flexibility index (Phi) is 4.42.